The van der Waals surface area contributed by atoms with Crippen LogP contribution in [0.3, 0.4) is 0 Å². The Kier molecular flexibility index (Phi) is 8.65. The van der Waals surface area contributed by atoms with Gasteiger partial charge in [-0.2, -0.15) is 0 Å². The minimum absolute atomic E-state index is 0.164. The van der Waals surface area contributed by atoms with Gasteiger partial charge < -0.3 is 10.1 Å². The SMILES string of the molecule is CCCNC(Cc1cccc(Cl)c1Cl)C(OCC)C(C)C. The molecule has 120 valence electrons. The largest absolute Gasteiger partial charge is 0.377 e. The zero-order valence-corrected chi connectivity index (χ0v) is 15.0. The molecule has 0 spiro atoms. The summed E-state index contributed by atoms with van der Waals surface area (Å²) in [4.78, 5) is 0. The Morgan fingerprint density at radius 2 is 1.90 bits per heavy atom. The maximum atomic E-state index is 6.33. The molecule has 0 radical (unpaired) electrons. The van der Waals surface area contributed by atoms with Gasteiger partial charge in [-0.1, -0.05) is 56.1 Å². The van der Waals surface area contributed by atoms with E-state index in [0.717, 1.165) is 31.6 Å². The van der Waals surface area contributed by atoms with E-state index in [1.807, 2.05) is 25.1 Å². The molecule has 2 nitrogen and oxygen atoms in total. The lowest BCUT2D eigenvalue weighted by molar-refractivity contribution is 0.00363. The van der Waals surface area contributed by atoms with Crippen LogP contribution in [0.5, 0.6) is 0 Å². The summed E-state index contributed by atoms with van der Waals surface area (Å²) in [6.45, 7) is 10.3. The molecular formula is C17H27Cl2NO. The quantitative estimate of drug-likeness (QED) is 0.690. The Labute approximate surface area is 139 Å². The van der Waals surface area contributed by atoms with Gasteiger partial charge in [0.15, 0.2) is 0 Å². The zero-order valence-electron chi connectivity index (χ0n) is 13.5. The molecule has 0 fully saturated rings. The minimum atomic E-state index is 0.164. The number of hydrogen-bond acceptors (Lipinski definition) is 2. The maximum absolute atomic E-state index is 6.33. The average molecular weight is 332 g/mol. The summed E-state index contributed by atoms with van der Waals surface area (Å²) in [6.07, 6.45) is 2.08. The van der Waals surface area contributed by atoms with Gasteiger partial charge in [-0.15, -0.1) is 0 Å². The van der Waals surface area contributed by atoms with Gasteiger partial charge in [0.1, 0.15) is 0 Å². The molecule has 0 aliphatic carbocycles. The average Bonchev–Trinajstić information content (AvgIpc) is 2.45. The lowest BCUT2D eigenvalue weighted by Crippen LogP contribution is -2.46. The summed E-state index contributed by atoms with van der Waals surface area (Å²) < 4.78 is 5.97. The van der Waals surface area contributed by atoms with Crippen LogP contribution in [0.15, 0.2) is 18.2 Å². The summed E-state index contributed by atoms with van der Waals surface area (Å²) in [5.41, 5.74) is 1.07. The summed E-state index contributed by atoms with van der Waals surface area (Å²) >= 11 is 12.5. The fraction of sp³-hybridized carbons (Fsp3) is 0.647. The molecule has 0 aliphatic heterocycles. The second kappa shape index (κ2) is 9.68. The van der Waals surface area contributed by atoms with Crippen LogP contribution in [0.25, 0.3) is 0 Å². The molecule has 0 aliphatic rings. The van der Waals surface area contributed by atoms with Gasteiger partial charge in [0, 0.05) is 12.6 Å². The molecule has 0 bridgehead atoms. The van der Waals surface area contributed by atoms with Gasteiger partial charge in [0.05, 0.1) is 16.1 Å². The predicted octanol–water partition coefficient (Wildman–Crippen LogP) is 4.97. The highest BCUT2D eigenvalue weighted by atomic mass is 35.5. The van der Waals surface area contributed by atoms with Gasteiger partial charge >= 0.3 is 0 Å². The first kappa shape index (κ1) is 18.8. The van der Waals surface area contributed by atoms with Gasteiger partial charge in [-0.05, 0) is 43.9 Å². The Morgan fingerprint density at radius 3 is 2.48 bits per heavy atom. The van der Waals surface area contributed by atoms with Crippen LogP contribution in [0, 0.1) is 5.92 Å². The number of rotatable bonds is 9. The van der Waals surface area contributed by atoms with Crippen LogP contribution >= 0.6 is 23.2 Å². The molecule has 2 atom stereocenters. The van der Waals surface area contributed by atoms with Crippen molar-refractivity contribution in [3.05, 3.63) is 33.8 Å². The number of ether oxygens (including phenoxy) is 1. The van der Waals surface area contributed by atoms with Crippen molar-refractivity contribution >= 4 is 23.2 Å². The topological polar surface area (TPSA) is 21.3 Å². The molecule has 1 aromatic rings. The van der Waals surface area contributed by atoms with Gasteiger partial charge in [-0.25, -0.2) is 0 Å². The van der Waals surface area contributed by atoms with Crippen molar-refractivity contribution in [1.29, 1.82) is 0 Å². The molecule has 1 N–H and O–H groups in total. The third kappa shape index (κ3) is 5.78. The van der Waals surface area contributed by atoms with Gasteiger partial charge in [0.25, 0.3) is 0 Å². The molecule has 1 rings (SSSR count). The molecule has 1 aromatic carbocycles. The lowest BCUT2D eigenvalue weighted by Gasteiger charge is -2.31. The van der Waals surface area contributed by atoms with Crippen LogP contribution in [-0.2, 0) is 11.2 Å². The van der Waals surface area contributed by atoms with E-state index in [1.54, 1.807) is 0 Å². The molecule has 4 heteroatoms. The lowest BCUT2D eigenvalue weighted by atomic mass is 9.93. The van der Waals surface area contributed by atoms with Crippen molar-refractivity contribution in [2.24, 2.45) is 5.92 Å². The Morgan fingerprint density at radius 1 is 1.19 bits per heavy atom. The van der Waals surface area contributed by atoms with Crippen molar-refractivity contribution in [2.45, 2.75) is 52.7 Å². The summed E-state index contributed by atoms with van der Waals surface area (Å²) in [7, 11) is 0. The molecule has 2 unspecified atom stereocenters. The Balaban J connectivity index is 2.93. The maximum Gasteiger partial charge on any atom is 0.0753 e. The van der Waals surface area contributed by atoms with E-state index in [2.05, 4.69) is 26.1 Å². The van der Waals surface area contributed by atoms with Crippen molar-refractivity contribution in [3.63, 3.8) is 0 Å². The molecule has 0 amide bonds. The number of nitrogens with one attached hydrogen (secondary N) is 1. The van der Waals surface area contributed by atoms with E-state index in [1.165, 1.54) is 0 Å². The van der Waals surface area contributed by atoms with Crippen molar-refractivity contribution in [1.82, 2.24) is 5.32 Å². The summed E-state index contributed by atoms with van der Waals surface area (Å²) in [6, 6.07) is 6.05. The minimum Gasteiger partial charge on any atom is -0.377 e. The fourth-order valence-corrected chi connectivity index (χ4v) is 2.94. The first-order chi connectivity index (χ1) is 10.0. The van der Waals surface area contributed by atoms with E-state index in [9.17, 15) is 0 Å². The summed E-state index contributed by atoms with van der Waals surface area (Å²) in [5, 5.41) is 4.87. The molecule has 0 aromatic heterocycles. The van der Waals surface area contributed by atoms with Gasteiger partial charge in [-0.3, -0.25) is 0 Å². The van der Waals surface area contributed by atoms with Crippen molar-refractivity contribution in [2.75, 3.05) is 13.2 Å². The van der Waals surface area contributed by atoms with Crippen molar-refractivity contribution < 1.29 is 4.74 Å². The molecule has 0 saturated heterocycles. The third-order valence-corrected chi connectivity index (χ3v) is 4.40. The van der Waals surface area contributed by atoms with Crippen LogP contribution in [0.1, 0.15) is 39.7 Å². The van der Waals surface area contributed by atoms with E-state index in [0.29, 0.717) is 16.0 Å². The second-order valence-electron chi connectivity index (χ2n) is 5.64. The molecular weight excluding hydrogens is 305 g/mol. The monoisotopic (exact) mass is 331 g/mol. The van der Waals surface area contributed by atoms with Crippen LogP contribution in [-0.4, -0.2) is 25.3 Å². The third-order valence-electron chi connectivity index (χ3n) is 3.54. The van der Waals surface area contributed by atoms with Gasteiger partial charge in [0.2, 0.25) is 0 Å². The number of benzene rings is 1. The number of halogens is 2. The molecule has 21 heavy (non-hydrogen) atoms. The number of hydrogen-bond donors (Lipinski definition) is 1. The van der Waals surface area contributed by atoms with Crippen molar-refractivity contribution in [3.8, 4) is 0 Å². The Bertz CT molecular complexity index is 423. The predicted molar refractivity (Wildman–Crippen MR) is 92.5 cm³/mol. The van der Waals surface area contributed by atoms with E-state index in [4.69, 9.17) is 27.9 Å². The Hall–Kier alpha value is -0.280. The van der Waals surface area contributed by atoms with Crippen LogP contribution in [0.4, 0.5) is 0 Å². The molecule has 0 heterocycles. The molecule has 0 saturated carbocycles. The van der Waals surface area contributed by atoms with Crippen LogP contribution < -0.4 is 5.32 Å². The summed E-state index contributed by atoms with van der Waals surface area (Å²) in [5.74, 6) is 0.442. The standard InChI is InChI=1S/C17H27Cl2NO/c1-5-10-20-15(17(12(3)4)21-6-2)11-13-8-7-9-14(18)16(13)19/h7-9,12,15,17,20H,5-6,10-11H2,1-4H3. The fourth-order valence-electron chi connectivity index (χ4n) is 2.54. The zero-order chi connectivity index (χ0) is 15.8. The first-order valence-electron chi connectivity index (χ1n) is 7.79. The van der Waals surface area contributed by atoms with E-state index in [-0.39, 0.29) is 12.1 Å². The highest BCUT2D eigenvalue weighted by Gasteiger charge is 2.25. The highest BCUT2D eigenvalue weighted by Crippen LogP contribution is 2.27. The second-order valence-corrected chi connectivity index (χ2v) is 6.43. The smallest absolute Gasteiger partial charge is 0.0753 e. The highest BCUT2D eigenvalue weighted by molar-refractivity contribution is 6.42. The van der Waals surface area contributed by atoms with E-state index >= 15 is 0 Å². The van der Waals surface area contributed by atoms with E-state index < -0.39 is 0 Å². The normalized spacial score (nSPS) is 14.4. The van der Waals surface area contributed by atoms with Crippen LogP contribution in [0.2, 0.25) is 10.0 Å². The first-order valence-corrected chi connectivity index (χ1v) is 8.54.